The number of nitrogens with zero attached hydrogens (tertiary/aromatic N) is 2. The Morgan fingerprint density at radius 3 is 2.24 bits per heavy atom. The second-order valence-electron chi connectivity index (χ2n) is 8.79. The van der Waals surface area contributed by atoms with E-state index in [1.54, 1.807) is 0 Å². The molecule has 0 spiro atoms. The van der Waals surface area contributed by atoms with E-state index < -0.39 is 0 Å². The van der Waals surface area contributed by atoms with Gasteiger partial charge in [0.2, 0.25) is 0 Å². The topological polar surface area (TPSA) is 16.1 Å². The van der Waals surface area contributed by atoms with Gasteiger partial charge in [-0.05, 0) is 60.7 Å². The van der Waals surface area contributed by atoms with Crippen LogP contribution in [0.1, 0.15) is 75.8 Å². The minimum atomic E-state index is 0.400. The Balaban J connectivity index is 2.04. The van der Waals surface area contributed by atoms with Gasteiger partial charge in [0.15, 0.2) is 0 Å². The van der Waals surface area contributed by atoms with E-state index in [-0.39, 0.29) is 0 Å². The smallest absolute Gasteiger partial charge is 0.0507 e. The third kappa shape index (κ3) is 4.82. The van der Waals surface area contributed by atoms with E-state index >= 15 is 0 Å². The monoisotopic (exact) mass is 340 g/mol. The first-order valence-corrected chi connectivity index (χ1v) is 9.77. The summed E-state index contributed by atoms with van der Waals surface area (Å²) in [6.45, 7) is 23.1. The molecule has 0 aliphatic carbocycles. The first kappa shape index (κ1) is 19.9. The summed E-state index contributed by atoms with van der Waals surface area (Å²) in [7, 11) is 0. The van der Waals surface area contributed by atoms with Gasteiger partial charge in [-0.1, -0.05) is 59.9 Å². The normalized spacial score (nSPS) is 17.0. The predicted octanol–water partition coefficient (Wildman–Crippen LogP) is 5.79. The minimum absolute atomic E-state index is 0.400. The number of hydrogen-bond acceptors (Lipinski definition) is 2. The van der Waals surface area contributed by atoms with E-state index in [1.807, 2.05) is 12.2 Å². The summed E-state index contributed by atoms with van der Waals surface area (Å²) < 4.78 is 0. The molecule has 1 fully saturated rings. The van der Waals surface area contributed by atoms with Crippen LogP contribution >= 0.6 is 0 Å². The van der Waals surface area contributed by atoms with Crippen LogP contribution in [-0.2, 0) is 6.42 Å². The zero-order chi connectivity index (χ0) is 18.6. The van der Waals surface area contributed by atoms with Crippen molar-refractivity contribution >= 4 is 12.2 Å². The molecule has 1 aliphatic rings. The average Bonchev–Trinajstić information content (AvgIpc) is 2.58. The quantitative estimate of drug-likeness (QED) is 0.651. The Bertz CT molecular complexity index is 599. The van der Waals surface area contributed by atoms with E-state index in [9.17, 15) is 0 Å². The van der Waals surface area contributed by atoms with Crippen molar-refractivity contribution in [1.29, 1.82) is 0 Å². The number of aromatic nitrogens is 1. The molecule has 1 aromatic rings. The lowest BCUT2D eigenvalue weighted by molar-refractivity contribution is 0.113. The summed E-state index contributed by atoms with van der Waals surface area (Å²) in [4.78, 5) is 7.34. The van der Waals surface area contributed by atoms with Gasteiger partial charge in [0.1, 0.15) is 0 Å². The number of piperidine rings is 1. The standard InChI is InChI=1S/C23H36N2/c1-8-20-18(16-24-22(17(3)4)21(20)9-2)10-13-25-14-11-19(12-15-25)23(5,6)7/h8-9,16-17,19H,1-2,10-15H2,3-7H3. The summed E-state index contributed by atoms with van der Waals surface area (Å²) in [5.41, 5.74) is 5.25. The van der Waals surface area contributed by atoms with Crippen LogP contribution in [-0.4, -0.2) is 29.5 Å². The highest BCUT2D eigenvalue weighted by molar-refractivity contribution is 5.68. The van der Waals surface area contributed by atoms with Crippen molar-refractivity contribution in [2.75, 3.05) is 19.6 Å². The molecule has 0 saturated carbocycles. The lowest BCUT2D eigenvalue weighted by Gasteiger charge is -2.38. The Kier molecular flexibility index (Phi) is 6.62. The molecule has 2 heterocycles. The molecule has 0 N–H and O–H groups in total. The van der Waals surface area contributed by atoms with E-state index in [0.717, 1.165) is 30.1 Å². The zero-order valence-corrected chi connectivity index (χ0v) is 16.9. The van der Waals surface area contributed by atoms with Gasteiger partial charge < -0.3 is 4.90 Å². The van der Waals surface area contributed by atoms with Crippen molar-refractivity contribution in [3.05, 3.63) is 41.7 Å². The Morgan fingerprint density at radius 1 is 1.16 bits per heavy atom. The maximum Gasteiger partial charge on any atom is 0.0507 e. The summed E-state index contributed by atoms with van der Waals surface area (Å²) in [6.07, 6.45) is 9.65. The molecule has 0 atom stereocenters. The number of hydrogen-bond donors (Lipinski definition) is 0. The van der Waals surface area contributed by atoms with Crippen LogP contribution in [0.3, 0.4) is 0 Å². The van der Waals surface area contributed by atoms with Gasteiger partial charge in [0, 0.05) is 18.3 Å². The van der Waals surface area contributed by atoms with Gasteiger partial charge in [-0.25, -0.2) is 0 Å². The first-order valence-electron chi connectivity index (χ1n) is 9.77. The fourth-order valence-corrected chi connectivity index (χ4v) is 4.01. The van der Waals surface area contributed by atoms with E-state index in [1.165, 1.54) is 37.1 Å². The van der Waals surface area contributed by atoms with Crippen molar-refractivity contribution < 1.29 is 0 Å². The molecule has 2 rings (SSSR count). The molecular weight excluding hydrogens is 304 g/mol. The van der Waals surface area contributed by atoms with Crippen molar-refractivity contribution in [3.63, 3.8) is 0 Å². The van der Waals surface area contributed by atoms with Crippen LogP contribution in [0, 0.1) is 11.3 Å². The van der Waals surface area contributed by atoms with E-state index in [2.05, 4.69) is 58.9 Å². The van der Waals surface area contributed by atoms with E-state index in [4.69, 9.17) is 4.98 Å². The molecule has 138 valence electrons. The van der Waals surface area contributed by atoms with Gasteiger partial charge in [-0.2, -0.15) is 0 Å². The molecule has 25 heavy (non-hydrogen) atoms. The van der Waals surface area contributed by atoms with Crippen molar-refractivity contribution in [2.24, 2.45) is 11.3 Å². The van der Waals surface area contributed by atoms with E-state index in [0.29, 0.717) is 11.3 Å². The average molecular weight is 341 g/mol. The molecule has 0 amide bonds. The molecule has 1 aromatic heterocycles. The fourth-order valence-electron chi connectivity index (χ4n) is 4.01. The summed E-state index contributed by atoms with van der Waals surface area (Å²) in [5.74, 6) is 1.25. The number of rotatable bonds is 6. The summed E-state index contributed by atoms with van der Waals surface area (Å²) in [6, 6.07) is 0. The largest absolute Gasteiger partial charge is 0.303 e. The lowest BCUT2D eigenvalue weighted by Crippen LogP contribution is -2.39. The fraction of sp³-hybridized carbons (Fsp3) is 0.609. The van der Waals surface area contributed by atoms with Crippen molar-refractivity contribution in [1.82, 2.24) is 9.88 Å². The molecule has 2 nitrogen and oxygen atoms in total. The first-order chi connectivity index (χ1) is 11.8. The summed E-state index contributed by atoms with van der Waals surface area (Å²) in [5, 5.41) is 0. The second-order valence-corrected chi connectivity index (χ2v) is 8.79. The van der Waals surface area contributed by atoms with Crippen LogP contribution in [0.15, 0.2) is 19.4 Å². The highest BCUT2D eigenvalue weighted by atomic mass is 15.1. The maximum absolute atomic E-state index is 4.73. The molecule has 1 saturated heterocycles. The van der Waals surface area contributed by atoms with Crippen molar-refractivity contribution in [3.8, 4) is 0 Å². The molecule has 2 heteroatoms. The van der Waals surface area contributed by atoms with Gasteiger partial charge in [0.05, 0.1) is 5.69 Å². The van der Waals surface area contributed by atoms with Gasteiger partial charge in [0.25, 0.3) is 0 Å². The number of likely N-dealkylation sites (tertiary alicyclic amines) is 1. The highest BCUT2D eigenvalue weighted by Gasteiger charge is 2.28. The molecule has 1 aliphatic heterocycles. The SMILES string of the molecule is C=Cc1c(CCN2CCC(C(C)(C)C)CC2)cnc(C(C)C)c1C=C. The summed E-state index contributed by atoms with van der Waals surface area (Å²) >= 11 is 0. The molecule has 0 bridgehead atoms. The Labute approximate surface area is 155 Å². The van der Waals surface area contributed by atoms with Crippen molar-refractivity contribution in [2.45, 2.75) is 59.8 Å². The van der Waals surface area contributed by atoms with Gasteiger partial charge in [-0.15, -0.1) is 0 Å². The minimum Gasteiger partial charge on any atom is -0.303 e. The third-order valence-corrected chi connectivity index (χ3v) is 5.74. The van der Waals surface area contributed by atoms with Gasteiger partial charge in [-0.3, -0.25) is 4.98 Å². The van der Waals surface area contributed by atoms with Crippen LogP contribution < -0.4 is 0 Å². The Morgan fingerprint density at radius 2 is 1.76 bits per heavy atom. The molecular formula is C23H36N2. The Hall–Kier alpha value is -1.41. The van der Waals surface area contributed by atoms with Crippen LogP contribution in [0.2, 0.25) is 0 Å². The van der Waals surface area contributed by atoms with Crippen LogP contribution in [0.25, 0.3) is 12.2 Å². The van der Waals surface area contributed by atoms with Crippen LogP contribution in [0.4, 0.5) is 0 Å². The van der Waals surface area contributed by atoms with Gasteiger partial charge >= 0.3 is 0 Å². The molecule has 0 unspecified atom stereocenters. The number of pyridine rings is 1. The van der Waals surface area contributed by atoms with Crippen LogP contribution in [0.5, 0.6) is 0 Å². The second kappa shape index (κ2) is 8.31. The molecule has 0 radical (unpaired) electrons. The highest BCUT2D eigenvalue weighted by Crippen LogP contribution is 2.34. The lowest BCUT2D eigenvalue weighted by atomic mass is 9.75. The maximum atomic E-state index is 4.73. The third-order valence-electron chi connectivity index (χ3n) is 5.74. The zero-order valence-electron chi connectivity index (χ0n) is 16.9. The molecule has 0 aromatic carbocycles. The predicted molar refractivity (Wildman–Crippen MR) is 111 cm³/mol.